The Morgan fingerprint density at radius 2 is 1.48 bits per heavy atom. The molecular formula is C20H13N3. The highest BCUT2D eigenvalue weighted by Gasteiger charge is 2.13. The van der Waals surface area contributed by atoms with E-state index in [2.05, 4.69) is 28.8 Å². The summed E-state index contributed by atoms with van der Waals surface area (Å²) in [6.45, 7) is 0. The van der Waals surface area contributed by atoms with Gasteiger partial charge in [0.25, 0.3) is 0 Å². The van der Waals surface area contributed by atoms with Gasteiger partial charge in [-0.1, -0.05) is 42.5 Å². The fourth-order valence-electron chi connectivity index (χ4n) is 2.75. The van der Waals surface area contributed by atoms with E-state index in [0.29, 0.717) is 5.56 Å². The molecule has 3 aromatic carbocycles. The van der Waals surface area contributed by atoms with E-state index in [4.69, 9.17) is 10.2 Å². The van der Waals surface area contributed by atoms with Crippen LogP contribution in [0.1, 0.15) is 5.56 Å². The van der Waals surface area contributed by atoms with Crippen molar-refractivity contribution < 1.29 is 0 Å². The highest BCUT2D eigenvalue weighted by atomic mass is 15.1. The van der Waals surface area contributed by atoms with Gasteiger partial charge in [0.2, 0.25) is 0 Å². The summed E-state index contributed by atoms with van der Waals surface area (Å²) >= 11 is 0. The van der Waals surface area contributed by atoms with E-state index >= 15 is 0 Å². The molecule has 1 aromatic heterocycles. The first kappa shape index (κ1) is 13.3. The lowest BCUT2D eigenvalue weighted by molar-refractivity contribution is 1.10. The van der Waals surface area contributed by atoms with E-state index in [9.17, 15) is 0 Å². The molecule has 3 heteroatoms. The Bertz CT molecular complexity index is 1010. The predicted molar refractivity (Wildman–Crippen MR) is 91.2 cm³/mol. The summed E-state index contributed by atoms with van der Waals surface area (Å²) in [6.07, 6.45) is 0. The van der Waals surface area contributed by atoms with E-state index in [0.717, 1.165) is 28.1 Å². The van der Waals surface area contributed by atoms with Gasteiger partial charge in [-0.05, 0) is 36.4 Å². The molecule has 0 atom stereocenters. The summed E-state index contributed by atoms with van der Waals surface area (Å²) in [5.74, 6) is 0.900. The molecular weight excluding hydrogens is 282 g/mol. The lowest BCUT2D eigenvalue weighted by Gasteiger charge is -2.09. The SMILES string of the molecule is N#Cc1ccc(-n2c(-c3ccccc3)nc3ccccc32)cc1. The smallest absolute Gasteiger partial charge is 0.145 e. The van der Waals surface area contributed by atoms with Crippen molar-refractivity contribution in [1.29, 1.82) is 5.26 Å². The third-order valence-electron chi connectivity index (χ3n) is 3.85. The Morgan fingerprint density at radius 3 is 2.22 bits per heavy atom. The molecule has 0 amide bonds. The van der Waals surface area contributed by atoms with Gasteiger partial charge in [-0.15, -0.1) is 0 Å². The zero-order valence-electron chi connectivity index (χ0n) is 12.3. The summed E-state index contributed by atoms with van der Waals surface area (Å²) in [5, 5.41) is 8.99. The van der Waals surface area contributed by atoms with Crippen LogP contribution in [-0.4, -0.2) is 9.55 Å². The fraction of sp³-hybridized carbons (Fsp3) is 0. The summed E-state index contributed by atoms with van der Waals surface area (Å²) < 4.78 is 2.13. The van der Waals surface area contributed by atoms with Crippen molar-refractivity contribution in [1.82, 2.24) is 9.55 Å². The number of nitriles is 1. The first-order valence-corrected chi connectivity index (χ1v) is 7.40. The van der Waals surface area contributed by atoms with E-state index in [1.54, 1.807) is 0 Å². The average Bonchev–Trinajstić information content (AvgIpc) is 3.02. The van der Waals surface area contributed by atoms with Gasteiger partial charge in [-0.2, -0.15) is 5.26 Å². The summed E-state index contributed by atoms with van der Waals surface area (Å²) in [5.41, 5.74) is 4.72. The molecule has 4 aromatic rings. The van der Waals surface area contributed by atoms with Crippen LogP contribution in [-0.2, 0) is 0 Å². The van der Waals surface area contributed by atoms with Crippen LogP contribution in [0.2, 0.25) is 0 Å². The van der Waals surface area contributed by atoms with Gasteiger partial charge in [0, 0.05) is 11.3 Å². The maximum absolute atomic E-state index is 8.99. The standard InChI is InChI=1S/C20H13N3/c21-14-15-10-12-17(13-11-15)23-19-9-5-4-8-18(19)22-20(23)16-6-2-1-3-7-16/h1-13H. The minimum atomic E-state index is 0.652. The molecule has 0 aliphatic rings. The number of nitrogens with zero attached hydrogens (tertiary/aromatic N) is 3. The molecule has 0 radical (unpaired) electrons. The van der Waals surface area contributed by atoms with Gasteiger partial charge in [0.15, 0.2) is 0 Å². The highest BCUT2D eigenvalue weighted by Crippen LogP contribution is 2.28. The topological polar surface area (TPSA) is 41.6 Å². The number of fused-ring (bicyclic) bond motifs is 1. The Morgan fingerprint density at radius 1 is 0.783 bits per heavy atom. The second kappa shape index (κ2) is 5.43. The molecule has 0 fully saturated rings. The lowest BCUT2D eigenvalue weighted by atomic mass is 10.2. The number of aromatic nitrogens is 2. The first-order valence-electron chi connectivity index (χ1n) is 7.40. The fourth-order valence-corrected chi connectivity index (χ4v) is 2.75. The third kappa shape index (κ3) is 2.27. The molecule has 0 bridgehead atoms. The highest BCUT2D eigenvalue weighted by molar-refractivity contribution is 5.83. The molecule has 3 nitrogen and oxygen atoms in total. The van der Waals surface area contributed by atoms with E-state index < -0.39 is 0 Å². The van der Waals surface area contributed by atoms with Crippen LogP contribution in [0.15, 0.2) is 78.9 Å². The van der Waals surface area contributed by atoms with Crippen molar-refractivity contribution in [3.8, 4) is 23.1 Å². The first-order chi connectivity index (χ1) is 11.4. The van der Waals surface area contributed by atoms with Crippen molar-refractivity contribution in [2.24, 2.45) is 0 Å². The van der Waals surface area contributed by atoms with Gasteiger partial charge in [0.05, 0.1) is 22.7 Å². The molecule has 0 N–H and O–H groups in total. The van der Waals surface area contributed by atoms with E-state index in [-0.39, 0.29) is 0 Å². The Balaban J connectivity index is 2.01. The number of hydrogen-bond acceptors (Lipinski definition) is 2. The van der Waals surface area contributed by atoms with Crippen molar-refractivity contribution >= 4 is 11.0 Å². The minimum Gasteiger partial charge on any atom is -0.292 e. The molecule has 0 aliphatic heterocycles. The summed E-state index contributed by atoms with van der Waals surface area (Å²) in [6, 6.07) is 28.0. The average molecular weight is 295 g/mol. The second-order valence-electron chi connectivity index (χ2n) is 5.28. The van der Waals surface area contributed by atoms with Gasteiger partial charge in [-0.25, -0.2) is 4.98 Å². The molecule has 0 saturated heterocycles. The third-order valence-corrected chi connectivity index (χ3v) is 3.85. The largest absolute Gasteiger partial charge is 0.292 e. The maximum atomic E-state index is 8.99. The van der Waals surface area contributed by atoms with Gasteiger partial charge in [0.1, 0.15) is 5.82 Å². The molecule has 0 saturated carbocycles. The zero-order chi connectivity index (χ0) is 15.6. The lowest BCUT2D eigenvalue weighted by Crippen LogP contribution is -1.97. The Hall–Kier alpha value is -3.38. The Labute approximate surface area is 134 Å². The molecule has 0 spiro atoms. The molecule has 0 unspecified atom stereocenters. The second-order valence-corrected chi connectivity index (χ2v) is 5.28. The summed E-state index contributed by atoms with van der Waals surface area (Å²) in [4.78, 5) is 4.80. The number of para-hydroxylation sites is 2. The predicted octanol–water partition coefficient (Wildman–Crippen LogP) is 4.56. The minimum absolute atomic E-state index is 0.652. The van der Waals surface area contributed by atoms with Gasteiger partial charge in [-0.3, -0.25) is 4.57 Å². The van der Waals surface area contributed by atoms with Crippen LogP contribution in [0.4, 0.5) is 0 Å². The van der Waals surface area contributed by atoms with Crippen molar-refractivity contribution in [3.63, 3.8) is 0 Å². The molecule has 4 rings (SSSR count). The number of benzene rings is 3. The number of hydrogen-bond donors (Lipinski definition) is 0. The van der Waals surface area contributed by atoms with Crippen LogP contribution >= 0.6 is 0 Å². The van der Waals surface area contributed by atoms with Gasteiger partial charge < -0.3 is 0 Å². The summed E-state index contributed by atoms with van der Waals surface area (Å²) in [7, 11) is 0. The van der Waals surface area contributed by atoms with Crippen LogP contribution in [0, 0.1) is 11.3 Å². The monoisotopic (exact) mass is 295 g/mol. The van der Waals surface area contributed by atoms with Crippen molar-refractivity contribution in [2.45, 2.75) is 0 Å². The van der Waals surface area contributed by atoms with Crippen molar-refractivity contribution in [3.05, 3.63) is 84.4 Å². The number of imidazole rings is 1. The van der Waals surface area contributed by atoms with Gasteiger partial charge >= 0.3 is 0 Å². The maximum Gasteiger partial charge on any atom is 0.145 e. The van der Waals surface area contributed by atoms with E-state index in [1.807, 2.05) is 60.7 Å². The molecule has 1 heterocycles. The molecule has 23 heavy (non-hydrogen) atoms. The molecule has 0 aliphatic carbocycles. The quantitative estimate of drug-likeness (QED) is 0.544. The van der Waals surface area contributed by atoms with Crippen LogP contribution in [0.25, 0.3) is 28.1 Å². The van der Waals surface area contributed by atoms with Crippen LogP contribution in [0.3, 0.4) is 0 Å². The normalized spacial score (nSPS) is 10.6. The molecule has 108 valence electrons. The van der Waals surface area contributed by atoms with Crippen molar-refractivity contribution in [2.75, 3.05) is 0 Å². The number of rotatable bonds is 2. The Kier molecular flexibility index (Phi) is 3.14. The van der Waals surface area contributed by atoms with E-state index in [1.165, 1.54) is 0 Å². The van der Waals surface area contributed by atoms with Crippen LogP contribution < -0.4 is 0 Å². The van der Waals surface area contributed by atoms with Crippen LogP contribution in [0.5, 0.6) is 0 Å². The zero-order valence-corrected chi connectivity index (χ0v) is 12.3.